The second-order valence-corrected chi connectivity index (χ2v) is 8.77. The lowest BCUT2D eigenvalue weighted by Gasteiger charge is -2.25. The number of sulfonamides is 1. The van der Waals surface area contributed by atoms with Crippen molar-refractivity contribution in [3.8, 4) is 0 Å². The quantitative estimate of drug-likeness (QED) is 0.662. The van der Waals surface area contributed by atoms with E-state index in [9.17, 15) is 8.42 Å². The van der Waals surface area contributed by atoms with Crippen LogP contribution in [-0.4, -0.2) is 19.3 Å². The summed E-state index contributed by atoms with van der Waals surface area (Å²) >= 11 is 18.5. The SMILES string of the molecule is CC(C)(CCBr)NS(=O)(=O)c1c(Cl)cc(Br)cc1Cl. The molecule has 1 N–H and O–H groups in total. The highest BCUT2D eigenvalue weighted by Crippen LogP contribution is 2.33. The van der Waals surface area contributed by atoms with Gasteiger partial charge in [-0.3, -0.25) is 0 Å². The van der Waals surface area contributed by atoms with Crippen LogP contribution >= 0.6 is 55.1 Å². The molecule has 0 aromatic heterocycles. The molecular weight excluding hydrogens is 441 g/mol. The Morgan fingerprint density at radius 3 is 2.16 bits per heavy atom. The van der Waals surface area contributed by atoms with Gasteiger partial charge in [-0.25, -0.2) is 13.1 Å². The summed E-state index contributed by atoms with van der Waals surface area (Å²) in [4.78, 5) is -0.0957. The van der Waals surface area contributed by atoms with Crippen LogP contribution in [0.2, 0.25) is 10.0 Å². The van der Waals surface area contributed by atoms with Crippen LogP contribution in [0.5, 0.6) is 0 Å². The third kappa shape index (κ3) is 4.86. The zero-order chi connectivity index (χ0) is 14.8. The molecule has 0 heterocycles. The van der Waals surface area contributed by atoms with Crippen molar-refractivity contribution in [2.45, 2.75) is 30.7 Å². The molecule has 1 aromatic carbocycles. The molecule has 0 aliphatic rings. The zero-order valence-electron chi connectivity index (χ0n) is 10.3. The van der Waals surface area contributed by atoms with Gasteiger partial charge in [0.2, 0.25) is 10.0 Å². The highest BCUT2D eigenvalue weighted by molar-refractivity contribution is 9.10. The first-order valence-corrected chi connectivity index (χ1v) is 9.49. The van der Waals surface area contributed by atoms with Crippen LogP contribution in [0.15, 0.2) is 21.5 Å². The van der Waals surface area contributed by atoms with E-state index < -0.39 is 15.6 Å². The number of alkyl halides is 1. The molecule has 0 saturated carbocycles. The molecule has 0 aliphatic heterocycles. The average molecular weight is 454 g/mol. The van der Waals surface area contributed by atoms with Gasteiger partial charge in [-0.05, 0) is 32.4 Å². The lowest BCUT2D eigenvalue weighted by molar-refractivity contribution is 0.443. The molecule has 108 valence electrons. The number of rotatable bonds is 5. The Balaban J connectivity index is 3.22. The standard InChI is InChI=1S/C11H13Br2Cl2NO2S/c1-11(2,3-4-12)16-19(17,18)10-8(14)5-7(13)6-9(10)15/h5-6,16H,3-4H2,1-2H3. The fourth-order valence-corrected chi connectivity index (χ4v) is 5.86. The molecule has 0 saturated heterocycles. The molecule has 0 aliphatic carbocycles. The van der Waals surface area contributed by atoms with Crippen LogP contribution in [0, 0.1) is 0 Å². The van der Waals surface area contributed by atoms with Crippen molar-refractivity contribution in [1.29, 1.82) is 0 Å². The second kappa shape index (κ2) is 6.62. The molecule has 0 bridgehead atoms. The van der Waals surface area contributed by atoms with Gasteiger partial charge in [-0.15, -0.1) is 0 Å². The highest BCUT2D eigenvalue weighted by Gasteiger charge is 2.29. The lowest BCUT2D eigenvalue weighted by atomic mass is 10.0. The molecule has 0 amide bonds. The predicted molar refractivity (Wildman–Crippen MR) is 87.0 cm³/mol. The summed E-state index contributed by atoms with van der Waals surface area (Å²) in [5.41, 5.74) is -0.595. The summed E-state index contributed by atoms with van der Waals surface area (Å²) in [6, 6.07) is 3.00. The molecule has 0 unspecified atom stereocenters. The Morgan fingerprint density at radius 2 is 1.74 bits per heavy atom. The van der Waals surface area contributed by atoms with E-state index >= 15 is 0 Å². The van der Waals surface area contributed by atoms with Crippen molar-refractivity contribution >= 4 is 65.1 Å². The first-order chi connectivity index (χ1) is 8.59. The summed E-state index contributed by atoms with van der Waals surface area (Å²) in [5.74, 6) is 0. The Hall–Kier alpha value is 0.670. The van der Waals surface area contributed by atoms with Crippen LogP contribution in [0.25, 0.3) is 0 Å². The molecule has 0 spiro atoms. The maximum absolute atomic E-state index is 12.4. The molecule has 0 fully saturated rings. The van der Waals surface area contributed by atoms with Crippen molar-refractivity contribution in [3.63, 3.8) is 0 Å². The first kappa shape index (κ1) is 17.7. The fraction of sp³-hybridized carbons (Fsp3) is 0.455. The summed E-state index contributed by atoms with van der Waals surface area (Å²) in [6.45, 7) is 3.60. The minimum atomic E-state index is -3.77. The molecule has 1 aromatic rings. The topological polar surface area (TPSA) is 46.2 Å². The second-order valence-electron chi connectivity index (χ2n) is 4.63. The monoisotopic (exact) mass is 451 g/mol. The Labute approximate surface area is 140 Å². The van der Waals surface area contributed by atoms with Crippen LogP contribution in [-0.2, 0) is 10.0 Å². The highest BCUT2D eigenvalue weighted by atomic mass is 79.9. The van der Waals surface area contributed by atoms with E-state index in [4.69, 9.17) is 23.2 Å². The molecule has 3 nitrogen and oxygen atoms in total. The van der Waals surface area contributed by atoms with Crippen molar-refractivity contribution in [2.75, 3.05) is 5.33 Å². The van der Waals surface area contributed by atoms with Crippen LogP contribution < -0.4 is 4.72 Å². The van der Waals surface area contributed by atoms with Gasteiger partial charge in [0.25, 0.3) is 0 Å². The summed E-state index contributed by atoms with van der Waals surface area (Å²) in [7, 11) is -3.77. The average Bonchev–Trinajstić information content (AvgIpc) is 2.11. The third-order valence-electron chi connectivity index (χ3n) is 2.36. The zero-order valence-corrected chi connectivity index (χ0v) is 15.8. The summed E-state index contributed by atoms with van der Waals surface area (Å²) in [6.07, 6.45) is 0.637. The van der Waals surface area contributed by atoms with E-state index in [0.29, 0.717) is 16.2 Å². The van der Waals surface area contributed by atoms with Gasteiger partial charge in [0.15, 0.2) is 0 Å². The van der Waals surface area contributed by atoms with Crippen LogP contribution in [0.1, 0.15) is 20.3 Å². The van der Waals surface area contributed by atoms with Gasteiger partial charge in [-0.1, -0.05) is 55.1 Å². The van der Waals surface area contributed by atoms with Crippen molar-refractivity contribution in [1.82, 2.24) is 4.72 Å². The van der Waals surface area contributed by atoms with E-state index in [0.717, 1.165) is 0 Å². The number of hydrogen-bond donors (Lipinski definition) is 1. The van der Waals surface area contributed by atoms with Crippen molar-refractivity contribution in [3.05, 3.63) is 26.7 Å². The number of hydrogen-bond acceptors (Lipinski definition) is 2. The lowest BCUT2D eigenvalue weighted by Crippen LogP contribution is -2.43. The van der Waals surface area contributed by atoms with Gasteiger partial charge in [-0.2, -0.15) is 0 Å². The van der Waals surface area contributed by atoms with E-state index in [1.165, 1.54) is 12.1 Å². The van der Waals surface area contributed by atoms with Gasteiger partial charge < -0.3 is 0 Å². The smallest absolute Gasteiger partial charge is 0.207 e. The Bertz CT molecular complexity index is 553. The van der Waals surface area contributed by atoms with Crippen LogP contribution in [0.4, 0.5) is 0 Å². The fourth-order valence-electron chi connectivity index (χ4n) is 1.49. The van der Waals surface area contributed by atoms with E-state index in [-0.39, 0.29) is 14.9 Å². The molecule has 1 rings (SSSR count). The third-order valence-corrected chi connectivity index (χ3v) is 5.84. The minimum Gasteiger partial charge on any atom is -0.207 e. The molecular formula is C11H13Br2Cl2NO2S. The number of benzene rings is 1. The van der Waals surface area contributed by atoms with E-state index in [1.807, 2.05) is 0 Å². The molecule has 8 heteroatoms. The first-order valence-electron chi connectivity index (χ1n) is 5.33. The predicted octanol–water partition coefficient (Wildman–Crippen LogP) is 4.60. The number of halogens is 4. The van der Waals surface area contributed by atoms with Gasteiger partial charge >= 0.3 is 0 Å². The van der Waals surface area contributed by atoms with Gasteiger partial charge in [0.05, 0.1) is 10.0 Å². The Kier molecular flexibility index (Phi) is 6.18. The molecule has 0 radical (unpaired) electrons. The molecule has 0 atom stereocenters. The Morgan fingerprint density at radius 1 is 1.26 bits per heavy atom. The molecule has 19 heavy (non-hydrogen) atoms. The summed E-state index contributed by atoms with van der Waals surface area (Å²) < 4.78 is 28.0. The van der Waals surface area contributed by atoms with Crippen molar-refractivity contribution in [2.24, 2.45) is 0 Å². The van der Waals surface area contributed by atoms with Gasteiger partial charge in [0, 0.05) is 15.3 Å². The maximum Gasteiger partial charge on any atom is 0.244 e. The maximum atomic E-state index is 12.4. The number of nitrogens with one attached hydrogen (secondary N) is 1. The largest absolute Gasteiger partial charge is 0.244 e. The minimum absolute atomic E-state index is 0.0847. The van der Waals surface area contributed by atoms with E-state index in [2.05, 4.69) is 36.6 Å². The van der Waals surface area contributed by atoms with Gasteiger partial charge in [0.1, 0.15) is 4.90 Å². The van der Waals surface area contributed by atoms with Crippen molar-refractivity contribution < 1.29 is 8.42 Å². The normalized spacial score (nSPS) is 12.7. The van der Waals surface area contributed by atoms with Crippen LogP contribution in [0.3, 0.4) is 0 Å². The summed E-state index contributed by atoms with van der Waals surface area (Å²) in [5, 5.41) is 0.854. The van der Waals surface area contributed by atoms with E-state index in [1.54, 1.807) is 13.8 Å².